The summed E-state index contributed by atoms with van der Waals surface area (Å²) >= 11 is -0.0881. The van der Waals surface area contributed by atoms with E-state index in [4.69, 9.17) is 0 Å². The van der Waals surface area contributed by atoms with Gasteiger partial charge in [0.15, 0.2) is 0 Å². The fraction of sp³-hybridized carbons (Fsp3) is 0.300. The van der Waals surface area contributed by atoms with E-state index in [1.165, 1.54) is 12.1 Å². The molecule has 0 amide bonds. The molecule has 0 atom stereocenters. The lowest BCUT2D eigenvalue weighted by Gasteiger charge is -2.05. The normalized spacial score (nSPS) is 11.7. The van der Waals surface area contributed by atoms with Gasteiger partial charge in [-0.15, -0.1) is 0 Å². The average molecular weight is 219 g/mol. The highest BCUT2D eigenvalue weighted by Crippen LogP contribution is 2.36. The summed E-state index contributed by atoms with van der Waals surface area (Å²) in [6.07, 6.45) is 1.56. The summed E-state index contributed by atoms with van der Waals surface area (Å²) in [6.45, 7) is 3.68. The minimum atomic E-state index is -4.20. The van der Waals surface area contributed by atoms with Gasteiger partial charge in [-0.2, -0.15) is 13.2 Å². The minimum Gasteiger partial charge on any atom is -0.160 e. The van der Waals surface area contributed by atoms with E-state index < -0.39 is 5.51 Å². The van der Waals surface area contributed by atoms with Crippen molar-refractivity contribution in [3.63, 3.8) is 0 Å². The fourth-order valence-corrected chi connectivity index (χ4v) is 1.60. The predicted octanol–water partition coefficient (Wildman–Crippen LogP) is 4.07. The van der Waals surface area contributed by atoms with E-state index in [0.717, 1.165) is 18.4 Å². The SMILES string of the molecule is [CH2]CCc1ccc(SC(F)(F)F)cc1. The van der Waals surface area contributed by atoms with Crippen molar-refractivity contribution in [2.75, 3.05) is 0 Å². The van der Waals surface area contributed by atoms with Gasteiger partial charge in [-0.3, -0.25) is 0 Å². The molecule has 0 aliphatic rings. The Bertz CT molecular complexity index is 276. The molecule has 0 aromatic heterocycles. The fourth-order valence-electron chi connectivity index (χ4n) is 1.06. The molecule has 1 aromatic rings. The molecule has 0 aliphatic heterocycles. The molecule has 0 saturated heterocycles. The Balaban J connectivity index is 2.64. The van der Waals surface area contributed by atoms with Crippen molar-refractivity contribution in [2.24, 2.45) is 0 Å². The molecule has 0 saturated carbocycles. The van der Waals surface area contributed by atoms with Crippen LogP contribution >= 0.6 is 11.8 Å². The third kappa shape index (κ3) is 4.05. The van der Waals surface area contributed by atoms with Crippen molar-refractivity contribution < 1.29 is 13.2 Å². The summed E-state index contributed by atoms with van der Waals surface area (Å²) in [5, 5.41) is 0. The van der Waals surface area contributed by atoms with Gasteiger partial charge < -0.3 is 0 Å². The largest absolute Gasteiger partial charge is 0.446 e. The van der Waals surface area contributed by atoms with Crippen molar-refractivity contribution in [1.82, 2.24) is 0 Å². The van der Waals surface area contributed by atoms with E-state index in [1.807, 2.05) is 0 Å². The quantitative estimate of drug-likeness (QED) is 0.691. The number of alkyl halides is 3. The Hall–Kier alpha value is -0.640. The van der Waals surface area contributed by atoms with Gasteiger partial charge in [0.2, 0.25) is 0 Å². The first-order valence-corrected chi connectivity index (χ1v) is 4.97. The number of thioether (sulfide) groups is 1. The summed E-state index contributed by atoms with van der Waals surface area (Å²) in [4.78, 5) is 0.227. The smallest absolute Gasteiger partial charge is 0.160 e. The van der Waals surface area contributed by atoms with Crippen molar-refractivity contribution in [3.8, 4) is 0 Å². The Morgan fingerprint density at radius 2 is 1.71 bits per heavy atom. The number of rotatable bonds is 3. The number of hydrogen-bond donors (Lipinski definition) is 0. The molecule has 4 heteroatoms. The standard InChI is InChI=1S/C10H10F3S/c1-2-3-8-4-6-9(7-5-8)14-10(11,12)13/h4-7H,1-3H2. The van der Waals surface area contributed by atoms with Gasteiger partial charge >= 0.3 is 5.51 Å². The molecule has 0 fully saturated rings. The van der Waals surface area contributed by atoms with E-state index >= 15 is 0 Å². The van der Waals surface area contributed by atoms with Crippen molar-refractivity contribution in [2.45, 2.75) is 23.2 Å². The summed E-state index contributed by atoms with van der Waals surface area (Å²) in [7, 11) is 0. The second-order valence-electron chi connectivity index (χ2n) is 2.80. The molecule has 0 unspecified atom stereocenters. The zero-order valence-corrected chi connectivity index (χ0v) is 8.29. The zero-order valence-electron chi connectivity index (χ0n) is 7.47. The molecule has 14 heavy (non-hydrogen) atoms. The van der Waals surface area contributed by atoms with E-state index in [9.17, 15) is 13.2 Å². The van der Waals surface area contributed by atoms with Crippen LogP contribution in [0, 0.1) is 6.92 Å². The molecule has 0 aliphatic carbocycles. The van der Waals surface area contributed by atoms with Crippen LogP contribution in [-0.2, 0) is 6.42 Å². The number of benzene rings is 1. The summed E-state index contributed by atoms with van der Waals surface area (Å²) in [5.74, 6) is 0. The van der Waals surface area contributed by atoms with Crippen molar-refractivity contribution in [3.05, 3.63) is 36.8 Å². The molecule has 1 radical (unpaired) electrons. The van der Waals surface area contributed by atoms with Gasteiger partial charge in [-0.1, -0.05) is 19.1 Å². The Labute approximate surface area is 85.5 Å². The second kappa shape index (κ2) is 4.73. The van der Waals surface area contributed by atoms with Gasteiger partial charge in [0.25, 0.3) is 0 Å². The van der Waals surface area contributed by atoms with Crippen molar-refractivity contribution >= 4 is 11.8 Å². The lowest BCUT2D eigenvalue weighted by Crippen LogP contribution is -1.98. The van der Waals surface area contributed by atoms with Gasteiger partial charge in [-0.25, -0.2) is 0 Å². The predicted molar refractivity (Wildman–Crippen MR) is 52.0 cm³/mol. The van der Waals surface area contributed by atoms with Crippen LogP contribution in [0.25, 0.3) is 0 Å². The van der Waals surface area contributed by atoms with Gasteiger partial charge in [0, 0.05) is 4.90 Å². The molecule has 1 rings (SSSR count). The van der Waals surface area contributed by atoms with E-state index in [-0.39, 0.29) is 16.7 Å². The van der Waals surface area contributed by atoms with Gasteiger partial charge in [0.05, 0.1) is 0 Å². The molecule has 77 valence electrons. The molecular weight excluding hydrogens is 209 g/mol. The summed E-state index contributed by atoms with van der Waals surface area (Å²) in [5.41, 5.74) is -3.18. The van der Waals surface area contributed by atoms with Crippen LogP contribution < -0.4 is 0 Å². The summed E-state index contributed by atoms with van der Waals surface area (Å²) in [6, 6.07) is 6.39. The van der Waals surface area contributed by atoms with E-state index in [2.05, 4.69) is 6.92 Å². The highest BCUT2D eigenvalue weighted by atomic mass is 32.2. The first-order chi connectivity index (χ1) is 6.51. The molecule has 0 bridgehead atoms. The topological polar surface area (TPSA) is 0 Å². The lowest BCUT2D eigenvalue weighted by atomic mass is 10.1. The van der Waals surface area contributed by atoms with Crippen LogP contribution in [0.1, 0.15) is 12.0 Å². The second-order valence-corrected chi connectivity index (χ2v) is 3.93. The highest BCUT2D eigenvalue weighted by molar-refractivity contribution is 8.00. The van der Waals surface area contributed by atoms with Gasteiger partial charge in [-0.05, 0) is 42.3 Å². The van der Waals surface area contributed by atoms with Crippen molar-refractivity contribution in [1.29, 1.82) is 0 Å². The summed E-state index contributed by atoms with van der Waals surface area (Å²) < 4.78 is 35.8. The van der Waals surface area contributed by atoms with Crippen LogP contribution in [0.15, 0.2) is 29.2 Å². The number of hydrogen-bond acceptors (Lipinski definition) is 1. The van der Waals surface area contributed by atoms with Crippen LogP contribution in [0.3, 0.4) is 0 Å². The third-order valence-electron chi connectivity index (χ3n) is 1.62. The maximum atomic E-state index is 11.9. The Morgan fingerprint density at radius 1 is 1.14 bits per heavy atom. The number of aryl methyl sites for hydroxylation is 1. The van der Waals surface area contributed by atoms with E-state index in [1.54, 1.807) is 12.1 Å². The first kappa shape index (κ1) is 11.4. The third-order valence-corrected chi connectivity index (χ3v) is 2.36. The molecule has 0 heterocycles. The molecule has 0 N–H and O–H groups in total. The minimum absolute atomic E-state index is 0.0881. The first-order valence-electron chi connectivity index (χ1n) is 4.15. The molecule has 0 spiro atoms. The zero-order chi connectivity index (χ0) is 10.6. The maximum Gasteiger partial charge on any atom is 0.446 e. The van der Waals surface area contributed by atoms with Crippen LogP contribution in [-0.4, -0.2) is 5.51 Å². The highest BCUT2D eigenvalue weighted by Gasteiger charge is 2.28. The lowest BCUT2D eigenvalue weighted by molar-refractivity contribution is -0.0328. The molecular formula is C10H10F3S. The Kier molecular flexibility index (Phi) is 3.86. The average Bonchev–Trinajstić information content (AvgIpc) is 2.06. The molecule has 0 nitrogen and oxygen atoms in total. The Morgan fingerprint density at radius 3 is 2.14 bits per heavy atom. The number of halogens is 3. The van der Waals surface area contributed by atoms with Crippen LogP contribution in [0.5, 0.6) is 0 Å². The monoisotopic (exact) mass is 219 g/mol. The van der Waals surface area contributed by atoms with Crippen LogP contribution in [0.4, 0.5) is 13.2 Å². The maximum absolute atomic E-state index is 11.9. The van der Waals surface area contributed by atoms with Crippen LogP contribution in [0.2, 0.25) is 0 Å². The molecule has 1 aromatic carbocycles. The van der Waals surface area contributed by atoms with Gasteiger partial charge in [0.1, 0.15) is 0 Å². The van der Waals surface area contributed by atoms with E-state index in [0.29, 0.717) is 0 Å².